The quantitative estimate of drug-likeness (QED) is 0.144. The van der Waals surface area contributed by atoms with E-state index < -0.39 is 0 Å². The van der Waals surface area contributed by atoms with Crippen LogP contribution in [-0.4, -0.2) is 136 Å². The Balaban J connectivity index is 0.000000202. The van der Waals surface area contributed by atoms with Gasteiger partial charge >= 0.3 is 12.1 Å². The van der Waals surface area contributed by atoms with Gasteiger partial charge in [0.1, 0.15) is 11.6 Å². The fourth-order valence-corrected chi connectivity index (χ4v) is 7.62. The maximum absolute atomic E-state index is 11.8. The summed E-state index contributed by atoms with van der Waals surface area (Å²) in [5, 5.41) is 14.5. The van der Waals surface area contributed by atoms with Gasteiger partial charge in [-0.1, -0.05) is 0 Å². The first kappa shape index (κ1) is 45.4. The Morgan fingerprint density at radius 1 is 0.689 bits per heavy atom. The van der Waals surface area contributed by atoms with Gasteiger partial charge in [-0.15, -0.1) is 12.4 Å². The summed E-state index contributed by atoms with van der Waals surface area (Å²) in [6, 6.07) is 14.9. The summed E-state index contributed by atoms with van der Waals surface area (Å²) in [4.78, 5) is 50.2. The number of methoxy groups -OCH3 is 1. The Kier molecular flexibility index (Phi) is 16.8. The number of hydrogen-bond donors (Lipinski definition) is 5. The highest BCUT2D eigenvalue weighted by Gasteiger charge is 2.27. The third-order valence-electron chi connectivity index (χ3n) is 10.7. The van der Waals surface area contributed by atoms with E-state index in [1.165, 1.54) is 11.1 Å². The first-order valence-corrected chi connectivity index (χ1v) is 21.1. The molecule has 2 fully saturated rings. The molecule has 0 radical (unpaired) electrons. The van der Waals surface area contributed by atoms with Gasteiger partial charge < -0.3 is 50.6 Å². The van der Waals surface area contributed by atoms with Crippen molar-refractivity contribution in [3.05, 3.63) is 71.0 Å². The van der Waals surface area contributed by atoms with Gasteiger partial charge in [0.2, 0.25) is 0 Å². The summed E-state index contributed by atoms with van der Waals surface area (Å²) in [5.41, 5.74) is 7.99. The summed E-state index contributed by atoms with van der Waals surface area (Å²) >= 11 is 0. The highest BCUT2D eigenvalue weighted by molar-refractivity contribution is 5.90. The Hall–Kier alpha value is -5.17. The van der Waals surface area contributed by atoms with Gasteiger partial charge in [-0.3, -0.25) is 4.90 Å². The second kappa shape index (κ2) is 22.6. The number of aromatic nitrogens is 4. The van der Waals surface area contributed by atoms with Crippen molar-refractivity contribution in [2.75, 3.05) is 119 Å². The van der Waals surface area contributed by atoms with Crippen LogP contribution in [0.2, 0.25) is 0 Å². The number of halogens is 1. The molecule has 328 valence electrons. The van der Waals surface area contributed by atoms with Crippen molar-refractivity contribution in [3.8, 4) is 22.8 Å². The number of urea groups is 2. The van der Waals surface area contributed by atoms with Gasteiger partial charge in [-0.05, 0) is 81.8 Å². The predicted molar refractivity (Wildman–Crippen MR) is 240 cm³/mol. The zero-order chi connectivity index (χ0) is 41.7. The van der Waals surface area contributed by atoms with E-state index >= 15 is 0 Å². The van der Waals surface area contributed by atoms with E-state index in [0.29, 0.717) is 44.6 Å². The molecular formula is C43H59ClN12O5. The molecule has 2 aromatic heterocycles. The molecule has 4 aromatic rings. The van der Waals surface area contributed by atoms with Crippen LogP contribution in [-0.2, 0) is 40.1 Å². The molecule has 8 rings (SSSR count). The summed E-state index contributed by atoms with van der Waals surface area (Å²) in [5.74, 6) is 3.50. The van der Waals surface area contributed by atoms with Crippen LogP contribution in [0.5, 0.6) is 0 Å². The monoisotopic (exact) mass is 858 g/mol. The van der Waals surface area contributed by atoms with Crippen molar-refractivity contribution >= 4 is 47.5 Å². The summed E-state index contributed by atoms with van der Waals surface area (Å²) < 4.78 is 16.3. The number of ether oxygens (including phenoxy) is 3. The maximum atomic E-state index is 11.8. The Morgan fingerprint density at radius 2 is 1.18 bits per heavy atom. The third-order valence-corrected chi connectivity index (χ3v) is 10.7. The van der Waals surface area contributed by atoms with Crippen LogP contribution in [0.4, 0.5) is 32.6 Å². The first-order valence-electron chi connectivity index (χ1n) is 21.1. The van der Waals surface area contributed by atoms with Gasteiger partial charge in [0.25, 0.3) is 0 Å². The van der Waals surface area contributed by atoms with Gasteiger partial charge in [-0.25, -0.2) is 29.5 Å². The molecule has 5 N–H and O–H groups in total. The normalized spacial score (nSPS) is 16.2. The number of rotatable bonds is 11. The second-order valence-electron chi connectivity index (χ2n) is 14.9. The lowest BCUT2D eigenvalue weighted by Gasteiger charge is -2.34. The Labute approximate surface area is 364 Å². The van der Waals surface area contributed by atoms with Gasteiger partial charge in [0.15, 0.2) is 11.6 Å². The van der Waals surface area contributed by atoms with Crippen molar-refractivity contribution in [1.82, 2.24) is 40.8 Å². The van der Waals surface area contributed by atoms with Crippen molar-refractivity contribution in [2.24, 2.45) is 0 Å². The van der Waals surface area contributed by atoms with Crippen LogP contribution in [0.1, 0.15) is 36.4 Å². The van der Waals surface area contributed by atoms with E-state index in [0.717, 1.165) is 130 Å². The average Bonchev–Trinajstić information content (AvgIpc) is 3.29. The number of morpholine rings is 2. The zero-order valence-electron chi connectivity index (χ0n) is 35.4. The zero-order valence-corrected chi connectivity index (χ0v) is 36.2. The largest absolute Gasteiger partial charge is 0.383 e. The molecule has 0 spiro atoms. The number of carbonyl (C=O) groups excluding carboxylic acids is 2. The smallest absolute Gasteiger partial charge is 0.319 e. The summed E-state index contributed by atoms with van der Waals surface area (Å²) in [6.07, 6.45) is 1.87. The van der Waals surface area contributed by atoms with Crippen LogP contribution in [0.15, 0.2) is 48.5 Å². The molecule has 0 bridgehead atoms. The van der Waals surface area contributed by atoms with Gasteiger partial charge in [0, 0.05) is 106 Å². The second-order valence-corrected chi connectivity index (χ2v) is 14.9. The molecule has 0 aliphatic carbocycles. The number of carbonyl (C=O) groups is 2. The number of amides is 4. The van der Waals surface area contributed by atoms with E-state index in [-0.39, 0.29) is 24.5 Å². The van der Waals surface area contributed by atoms with Crippen LogP contribution >= 0.6 is 12.4 Å². The number of nitrogens with one attached hydrogen (secondary N) is 5. The molecule has 0 unspecified atom stereocenters. The molecule has 61 heavy (non-hydrogen) atoms. The van der Waals surface area contributed by atoms with E-state index in [9.17, 15) is 9.59 Å². The molecular weight excluding hydrogens is 800 g/mol. The SMILES string of the molecule is CCNC(=O)Nc1ccc(-c2nc3c(c(N4CCOCC4)n2)CCN(CCOC)C3)cc1.CCNC(=O)Nc1ccc(-c2nc3c(c(N4CCOCC4)n2)CCNC3)cc1.Cl. The number of hydrogen-bond acceptors (Lipinski definition) is 13. The molecule has 0 atom stereocenters. The number of anilines is 4. The van der Waals surface area contributed by atoms with Gasteiger partial charge in [0.05, 0.1) is 44.4 Å². The summed E-state index contributed by atoms with van der Waals surface area (Å²) in [7, 11) is 1.74. The molecule has 18 heteroatoms. The van der Waals surface area contributed by atoms with Crippen molar-refractivity contribution < 1.29 is 23.8 Å². The van der Waals surface area contributed by atoms with Crippen LogP contribution in [0, 0.1) is 0 Å². The predicted octanol–water partition coefficient (Wildman–Crippen LogP) is 4.32. The number of nitrogens with zero attached hydrogens (tertiary/aromatic N) is 7. The average molecular weight is 859 g/mol. The molecule has 17 nitrogen and oxygen atoms in total. The first-order chi connectivity index (χ1) is 29.4. The highest BCUT2D eigenvalue weighted by Crippen LogP contribution is 2.31. The Bertz CT molecular complexity index is 2050. The number of fused-ring (bicyclic) bond motifs is 2. The van der Waals surface area contributed by atoms with Crippen molar-refractivity contribution in [1.29, 1.82) is 0 Å². The van der Waals surface area contributed by atoms with E-state index in [2.05, 4.69) is 41.3 Å². The van der Waals surface area contributed by atoms with Crippen molar-refractivity contribution in [3.63, 3.8) is 0 Å². The third kappa shape index (κ3) is 12.0. The molecule has 4 aliphatic rings. The lowest BCUT2D eigenvalue weighted by atomic mass is 10.0. The van der Waals surface area contributed by atoms with Crippen LogP contribution < -0.4 is 36.4 Å². The minimum atomic E-state index is -0.212. The van der Waals surface area contributed by atoms with Gasteiger partial charge in [-0.2, -0.15) is 0 Å². The van der Waals surface area contributed by atoms with Crippen LogP contribution in [0.3, 0.4) is 0 Å². The molecule has 2 aromatic carbocycles. The van der Waals surface area contributed by atoms with E-state index in [1.54, 1.807) is 7.11 Å². The number of benzene rings is 2. The lowest BCUT2D eigenvalue weighted by molar-refractivity contribution is 0.122. The topological polar surface area (TPSA) is 183 Å². The molecule has 0 saturated carbocycles. The lowest BCUT2D eigenvalue weighted by Crippen LogP contribution is -2.40. The Morgan fingerprint density at radius 3 is 1.67 bits per heavy atom. The molecule has 4 amide bonds. The highest BCUT2D eigenvalue weighted by atomic mass is 35.5. The molecule has 2 saturated heterocycles. The summed E-state index contributed by atoms with van der Waals surface area (Å²) in [6.45, 7) is 16.3. The molecule has 4 aliphatic heterocycles. The minimum Gasteiger partial charge on any atom is -0.383 e. The fourth-order valence-electron chi connectivity index (χ4n) is 7.62. The van der Waals surface area contributed by atoms with E-state index in [1.807, 2.05) is 62.4 Å². The molecule has 6 heterocycles. The minimum absolute atomic E-state index is 0. The van der Waals surface area contributed by atoms with Crippen molar-refractivity contribution in [2.45, 2.75) is 39.8 Å². The maximum Gasteiger partial charge on any atom is 0.319 e. The fraction of sp³-hybridized carbons (Fsp3) is 0.488. The van der Waals surface area contributed by atoms with Crippen LogP contribution in [0.25, 0.3) is 22.8 Å². The standard InChI is InChI=1S/C23H32N6O3.C20H26N6O2.ClH/c1-3-24-23(30)25-18-6-4-17(5-7-18)21-26-20-16-28(10-13-31-2)9-8-19(20)22(27-21)29-11-14-32-15-12-29;1-2-22-20(27)23-15-5-3-14(4-6-15)18-24-17-13-21-8-7-16(17)19(25-18)26-9-11-28-12-10-26;/h4-7H,3,8-16H2,1-2H3,(H2,24,25,30);3-6,21H,2,7-13H2,1H3,(H2,22,23,27);1H. The van der Waals surface area contributed by atoms with E-state index in [4.69, 9.17) is 34.1 Å².